The number of fused-ring (bicyclic) bond motifs is 2. The second-order valence-electron chi connectivity index (χ2n) is 5.12. The van der Waals surface area contributed by atoms with E-state index in [1.807, 2.05) is 6.07 Å². The Morgan fingerprint density at radius 2 is 2.17 bits per heavy atom. The zero-order valence-electron chi connectivity index (χ0n) is 12.4. The minimum absolute atomic E-state index is 0.0728. The standard InChI is InChI=1S/C16H12N2O5S/c19-15-14-9(5-6-24-14)17-13(18-15)8-22-16(20)12-7-21-10-3-1-2-4-11(10)23-12/h1-6,12H,7-8H2,(H,17,18,19). The van der Waals surface area contributed by atoms with Crippen molar-refractivity contribution in [1.82, 2.24) is 9.97 Å². The molecule has 0 amide bonds. The third kappa shape index (κ3) is 2.71. The topological polar surface area (TPSA) is 90.5 Å². The smallest absolute Gasteiger partial charge is 0.351 e. The quantitative estimate of drug-likeness (QED) is 0.730. The highest BCUT2D eigenvalue weighted by Gasteiger charge is 2.28. The molecule has 1 aromatic carbocycles. The van der Waals surface area contributed by atoms with Gasteiger partial charge < -0.3 is 19.2 Å². The molecule has 4 rings (SSSR count). The number of benzene rings is 1. The van der Waals surface area contributed by atoms with Crippen molar-refractivity contribution in [2.75, 3.05) is 6.61 Å². The molecule has 0 bridgehead atoms. The summed E-state index contributed by atoms with van der Waals surface area (Å²) in [4.78, 5) is 30.9. The van der Waals surface area contributed by atoms with E-state index in [4.69, 9.17) is 14.2 Å². The highest BCUT2D eigenvalue weighted by atomic mass is 32.1. The molecule has 0 radical (unpaired) electrons. The molecule has 24 heavy (non-hydrogen) atoms. The summed E-state index contributed by atoms with van der Waals surface area (Å²) in [5, 5.41) is 1.79. The number of esters is 1. The van der Waals surface area contributed by atoms with Crippen LogP contribution in [0.2, 0.25) is 0 Å². The number of para-hydroxylation sites is 2. The van der Waals surface area contributed by atoms with Crippen molar-refractivity contribution < 1.29 is 19.0 Å². The van der Waals surface area contributed by atoms with Gasteiger partial charge in [0, 0.05) is 0 Å². The maximum absolute atomic E-state index is 12.1. The van der Waals surface area contributed by atoms with Gasteiger partial charge >= 0.3 is 5.97 Å². The van der Waals surface area contributed by atoms with Gasteiger partial charge in [-0.2, -0.15) is 0 Å². The van der Waals surface area contributed by atoms with Gasteiger partial charge in [0.05, 0.1) is 5.52 Å². The Morgan fingerprint density at radius 3 is 3.04 bits per heavy atom. The number of H-pyrrole nitrogens is 1. The van der Waals surface area contributed by atoms with Gasteiger partial charge in [0.2, 0.25) is 6.10 Å². The van der Waals surface area contributed by atoms with Crippen LogP contribution in [0.5, 0.6) is 11.5 Å². The summed E-state index contributed by atoms with van der Waals surface area (Å²) in [6, 6.07) is 8.85. The van der Waals surface area contributed by atoms with Crippen molar-refractivity contribution >= 4 is 27.5 Å². The SMILES string of the molecule is O=C(OCc1nc2ccsc2c(=O)[nH]1)C1COc2ccccc2O1. The molecule has 0 saturated carbocycles. The first kappa shape index (κ1) is 14.7. The van der Waals surface area contributed by atoms with E-state index < -0.39 is 12.1 Å². The van der Waals surface area contributed by atoms with Crippen LogP contribution in [-0.2, 0) is 16.1 Å². The molecular weight excluding hydrogens is 332 g/mol. The predicted molar refractivity (Wildman–Crippen MR) is 86.4 cm³/mol. The minimum Gasteiger partial charge on any atom is -0.485 e. The van der Waals surface area contributed by atoms with Gasteiger partial charge in [-0.25, -0.2) is 9.78 Å². The highest BCUT2D eigenvalue weighted by molar-refractivity contribution is 7.17. The normalized spacial score (nSPS) is 16.1. The molecule has 0 fully saturated rings. The van der Waals surface area contributed by atoms with Crippen LogP contribution in [-0.4, -0.2) is 28.6 Å². The third-order valence-corrected chi connectivity index (χ3v) is 4.39. The molecule has 1 N–H and O–H groups in total. The number of hydrogen-bond donors (Lipinski definition) is 1. The molecule has 2 aromatic heterocycles. The van der Waals surface area contributed by atoms with Gasteiger partial charge in [0.15, 0.2) is 11.5 Å². The maximum atomic E-state index is 12.1. The fraction of sp³-hybridized carbons (Fsp3) is 0.188. The molecule has 1 aliphatic rings. The molecule has 7 nitrogen and oxygen atoms in total. The van der Waals surface area contributed by atoms with Crippen molar-refractivity contribution in [3.8, 4) is 11.5 Å². The fourth-order valence-corrected chi connectivity index (χ4v) is 3.08. The Kier molecular flexibility index (Phi) is 3.66. The van der Waals surface area contributed by atoms with Crippen LogP contribution in [0.3, 0.4) is 0 Å². The number of carbonyl (C=O) groups excluding carboxylic acids is 1. The minimum atomic E-state index is -0.850. The second-order valence-corrected chi connectivity index (χ2v) is 6.04. The number of aromatic amines is 1. The van der Waals surface area contributed by atoms with Crippen molar-refractivity contribution in [3.63, 3.8) is 0 Å². The van der Waals surface area contributed by atoms with Crippen LogP contribution >= 0.6 is 11.3 Å². The third-order valence-electron chi connectivity index (χ3n) is 3.49. The number of nitrogens with zero attached hydrogens (tertiary/aromatic N) is 1. The Balaban J connectivity index is 1.44. The number of nitrogens with one attached hydrogen (secondary N) is 1. The van der Waals surface area contributed by atoms with E-state index in [1.54, 1.807) is 29.6 Å². The lowest BCUT2D eigenvalue weighted by molar-refractivity contribution is -0.156. The van der Waals surface area contributed by atoms with Gasteiger partial charge in [0.25, 0.3) is 5.56 Å². The Labute approximate surface area is 139 Å². The van der Waals surface area contributed by atoms with E-state index in [-0.39, 0.29) is 24.6 Å². The van der Waals surface area contributed by atoms with Crippen molar-refractivity contribution in [2.45, 2.75) is 12.7 Å². The molecule has 1 unspecified atom stereocenters. The van der Waals surface area contributed by atoms with Crippen molar-refractivity contribution in [1.29, 1.82) is 0 Å². The summed E-state index contributed by atoms with van der Waals surface area (Å²) in [5.74, 6) is 0.807. The largest absolute Gasteiger partial charge is 0.485 e. The Bertz CT molecular complexity index is 964. The number of aromatic nitrogens is 2. The van der Waals surface area contributed by atoms with E-state index in [0.29, 0.717) is 21.7 Å². The van der Waals surface area contributed by atoms with Gasteiger partial charge in [-0.15, -0.1) is 11.3 Å². The van der Waals surface area contributed by atoms with Gasteiger partial charge in [-0.3, -0.25) is 4.79 Å². The average molecular weight is 344 g/mol. The zero-order chi connectivity index (χ0) is 16.5. The van der Waals surface area contributed by atoms with E-state index in [2.05, 4.69) is 9.97 Å². The van der Waals surface area contributed by atoms with Gasteiger partial charge in [0.1, 0.15) is 23.7 Å². The maximum Gasteiger partial charge on any atom is 0.351 e. The number of carbonyl (C=O) groups is 1. The second kappa shape index (κ2) is 5.97. The number of thiophene rings is 1. The highest BCUT2D eigenvalue weighted by Crippen LogP contribution is 2.31. The first-order valence-electron chi connectivity index (χ1n) is 7.22. The summed E-state index contributed by atoms with van der Waals surface area (Å²) >= 11 is 1.31. The number of hydrogen-bond acceptors (Lipinski definition) is 7. The molecule has 0 saturated heterocycles. The molecule has 3 heterocycles. The van der Waals surface area contributed by atoms with Gasteiger partial charge in [-0.05, 0) is 23.6 Å². The summed E-state index contributed by atoms with van der Waals surface area (Å²) in [7, 11) is 0. The lowest BCUT2D eigenvalue weighted by Crippen LogP contribution is -2.37. The van der Waals surface area contributed by atoms with Crippen LogP contribution in [0.25, 0.3) is 10.2 Å². The molecule has 0 spiro atoms. The molecule has 1 aliphatic heterocycles. The average Bonchev–Trinajstić information content (AvgIpc) is 3.08. The Hall–Kier alpha value is -2.87. The number of rotatable bonds is 3. The van der Waals surface area contributed by atoms with E-state index in [0.717, 1.165) is 0 Å². The lowest BCUT2D eigenvalue weighted by atomic mass is 10.2. The zero-order valence-corrected chi connectivity index (χ0v) is 13.2. The fourth-order valence-electron chi connectivity index (χ4n) is 2.36. The van der Waals surface area contributed by atoms with Crippen molar-refractivity contribution in [2.24, 2.45) is 0 Å². The molecule has 8 heteroatoms. The molecule has 0 aliphatic carbocycles. The first-order valence-corrected chi connectivity index (χ1v) is 8.10. The van der Waals surface area contributed by atoms with Crippen molar-refractivity contribution in [3.05, 3.63) is 51.9 Å². The van der Waals surface area contributed by atoms with Crippen LogP contribution in [0.4, 0.5) is 0 Å². The summed E-state index contributed by atoms with van der Waals surface area (Å²) in [6.07, 6.45) is -0.850. The molecular formula is C16H12N2O5S. The monoisotopic (exact) mass is 344 g/mol. The van der Waals surface area contributed by atoms with E-state index >= 15 is 0 Å². The summed E-state index contributed by atoms with van der Waals surface area (Å²) < 4.78 is 16.8. The van der Waals surface area contributed by atoms with Gasteiger partial charge in [-0.1, -0.05) is 12.1 Å². The summed E-state index contributed by atoms with van der Waals surface area (Å²) in [6.45, 7) is -0.0648. The summed E-state index contributed by atoms with van der Waals surface area (Å²) in [5.41, 5.74) is 0.341. The molecule has 122 valence electrons. The molecule has 1 atom stereocenters. The van der Waals surface area contributed by atoms with Crippen LogP contribution in [0, 0.1) is 0 Å². The number of ether oxygens (including phenoxy) is 3. The predicted octanol–water partition coefficient (Wildman–Crippen LogP) is 1.87. The molecule has 3 aromatic rings. The first-order chi connectivity index (χ1) is 11.7. The lowest BCUT2D eigenvalue weighted by Gasteiger charge is -2.24. The van der Waals surface area contributed by atoms with E-state index in [1.165, 1.54) is 11.3 Å². The van der Waals surface area contributed by atoms with Crippen LogP contribution in [0.15, 0.2) is 40.5 Å². The van der Waals surface area contributed by atoms with Crippen LogP contribution < -0.4 is 15.0 Å². The van der Waals surface area contributed by atoms with E-state index in [9.17, 15) is 9.59 Å². The Morgan fingerprint density at radius 1 is 1.33 bits per heavy atom. The van der Waals surface area contributed by atoms with Crippen LogP contribution in [0.1, 0.15) is 5.82 Å².